The molecule has 6 heterocycles. The van der Waals surface area contributed by atoms with Crippen molar-refractivity contribution >= 4 is 0 Å². The molecule has 11 nitrogen and oxygen atoms in total. The number of hydrogen-bond donors (Lipinski definition) is 0. The first-order chi connectivity index (χ1) is 35.7. The van der Waals surface area contributed by atoms with E-state index < -0.39 is 0 Å². The van der Waals surface area contributed by atoms with E-state index >= 15 is 0 Å². The standard InChI is InChI=1S/C20H29N2.C17H23N2.C9H15N2.C7H11N2.C6H9N2.C6H8N/c1-13(2)16-10-17(14(3)4)20(18(11-16)15(5)6)19-8-9-22(7)12-21-19;1-12(2)14-7-6-8-15(13(3)4)17(14)16-9-10-19(5)11-18-16;1-9(2,3)8-5-6-11(4)7-10-8;1-6-4-9(3)5-8-7(6)2;1-6-3-4-8(2)5-7-6;1-7-5-3-2-4-6-7/h8-15H,1-7H3;6-13H,1-5H3;5-7H,1-4H3;4-5H,1-3H3;3-5H,1-2H3;2-6H,1H3/q6*+1. The van der Waals surface area contributed by atoms with Gasteiger partial charge in [0.2, 0.25) is 0 Å². The van der Waals surface area contributed by atoms with E-state index in [1.54, 1.807) is 6.33 Å². The fourth-order valence-corrected chi connectivity index (χ4v) is 7.79. The molecule has 0 bridgehead atoms. The highest BCUT2D eigenvalue weighted by atomic mass is 15.0. The molecule has 404 valence electrons. The molecular formula is C65H95N11+6. The minimum absolute atomic E-state index is 0.161. The zero-order chi connectivity index (χ0) is 56.9. The number of rotatable bonds is 7. The molecule has 0 fully saturated rings. The molecular weight excluding hydrogens is 935 g/mol. The molecule has 0 aliphatic rings. The second-order valence-corrected chi connectivity index (χ2v) is 22.5. The van der Waals surface area contributed by atoms with Crippen LogP contribution in [0.5, 0.6) is 0 Å². The Bertz CT molecular complexity index is 2860. The van der Waals surface area contributed by atoms with Gasteiger partial charge in [-0.2, -0.15) is 0 Å². The van der Waals surface area contributed by atoms with Crippen molar-refractivity contribution in [2.75, 3.05) is 0 Å². The maximum atomic E-state index is 4.67. The van der Waals surface area contributed by atoms with Crippen LogP contribution in [0, 0.1) is 20.8 Å². The van der Waals surface area contributed by atoms with Gasteiger partial charge in [0.1, 0.15) is 7.05 Å². The average molecular weight is 1030 g/mol. The second kappa shape index (κ2) is 30.5. The third-order valence-electron chi connectivity index (χ3n) is 12.6. The minimum Gasteiger partial charge on any atom is -0.240 e. The quantitative estimate of drug-likeness (QED) is 0.148. The zero-order valence-electron chi connectivity index (χ0n) is 50.7. The molecule has 0 saturated heterocycles. The zero-order valence-corrected chi connectivity index (χ0v) is 50.7. The summed E-state index contributed by atoms with van der Waals surface area (Å²) >= 11 is 0. The van der Waals surface area contributed by atoms with Crippen LogP contribution < -0.4 is 27.4 Å². The van der Waals surface area contributed by atoms with Gasteiger partial charge in [-0.15, -0.1) is 0 Å². The van der Waals surface area contributed by atoms with Gasteiger partial charge in [-0.3, -0.25) is 0 Å². The Morgan fingerprint density at radius 1 is 0.382 bits per heavy atom. The van der Waals surface area contributed by atoms with Crippen LogP contribution >= 0.6 is 0 Å². The lowest BCUT2D eigenvalue weighted by Gasteiger charge is -2.21. The van der Waals surface area contributed by atoms with Crippen LogP contribution in [0.15, 0.2) is 148 Å². The minimum atomic E-state index is 0.161. The lowest BCUT2D eigenvalue weighted by molar-refractivity contribution is -0.675. The van der Waals surface area contributed by atoms with Crippen LogP contribution in [-0.2, 0) is 47.7 Å². The molecule has 6 aromatic heterocycles. The number of pyridine rings is 1. The smallest absolute Gasteiger partial charge is 0.240 e. The third kappa shape index (κ3) is 21.0. The monoisotopic (exact) mass is 1030 g/mol. The Morgan fingerprint density at radius 2 is 0.789 bits per heavy atom. The molecule has 0 unspecified atom stereocenters. The van der Waals surface area contributed by atoms with Gasteiger partial charge >= 0.3 is 0 Å². The SMILES string of the molecule is CC(C)c1cc(C(C)C)c(-c2cc[n+](C)cn2)c(C(C)C)c1.CC(C)c1cccc(C(C)C)c1-c1cc[n+](C)cn1.C[n+]1ccc(C(C)(C)C)nc1.C[n+]1ccccc1.Cc1c[n+](C)cnc1C.Cc1cc[n+](C)cn1. The van der Waals surface area contributed by atoms with Crippen molar-refractivity contribution in [3.05, 3.63) is 198 Å². The summed E-state index contributed by atoms with van der Waals surface area (Å²) < 4.78 is 11.7. The number of aryl methyl sites for hydroxylation is 9. The van der Waals surface area contributed by atoms with Gasteiger partial charge in [-0.25, -0.2) is 27.4 Å². The largest absolute Gasteiger partial charge is 0.286 e. The van der Waals surface area contributed by atoms with Crippen LogP contribution in [0.4, 0.5) is 0 Å². The number of nitrogens with zero attached hydrogens (tertiary/aromatic N) is 11. The number of aromatic nitrogens is 11. The van der Waals surface area contributed by atoms with Gasteiger partial charge in [0.15, 0.2) is 40.9 Å². The number of benzene rings is 2. The summed E-state index contributed by atoms with van der Waals surface area (Å²) in [5.74, 6) is 2.53. The molecule has 0 aliphatic heterocycles. The number of hydrogen-bond acceptors (Lipinski definition) is 5. The Balaban J connectivity index is 0.000000253. The van der Waals surface area contributed by atoms with Crippen molar-refractivity contribution in [1.82, 2.24) is 24.9 Å². The van der Waals surface area contributed by atoms with E-state index in [2.05, 4.69) is 189 Å². The lowest BCUT2D eigenvalue weighted by atomic mass is 9.83. The van der Waals surface area contributed by atoms with Crippen LogP contribution in [0.3, 0.4) is 0 Å². The van der Waals surface area contributed by atoms with Crippen molar-refractivity contribution in [2.24, 2.45) is 42.3 Å². The highest BCUT2D eigenvalue weighted by molar-refractivity contribution is 5.70. The molecule has 0 saturated carbocycles. The van der Waals surface area contributed by atoms with Crippen LogP contribution in [0.1, 0.15) is 170 Å². The first kappa shape index (κ1) is 63.3. The van der Waals surface area contributed by atoms with Crippen LogP contribution in [0.25, 0.3) is 22.5 Å². The summed E-state index contributed by atoms with van der Waals surface area (Å²) in [5, 5.41) is 0. The van der Waals surface area contributed by atoms with E-state index in [4.69, 9.17) is 0 Å². The van der Waals surface area contributed by atoms with E-state index in [9.17, 15) is 0 Å². The first-order valence-electron chi connectivity index (χ1n) is 26.9. The summed E-state index contributed by atoms with van der Waals surface area (Å²) in [6.07, 6.45) is 23.4. The molecule has 0 radical (unpaired) electrons. The van der Waals surface area contributed by atoms with Crippen molar-refractivity contribution in [1.29, 1.82) is 0 Å². The highest BCUT2D eigenvalue weighted by Crippen LogP contribution is 2.38. The Hall–Kier alpha value is -7.01. The van der Waals surface area contributed by atoms with Gasteiger partial charge in [-0.1, -0.05) is 141 Å². The molecule has 0 N–H and O–H groups in total. The Morgan fingerprint density at radius 3 is 1.09 bits per heavy atom. The lowest BCUT2D eigenvalue weighted by Crippen LogP contribution is -2.29. The summed E-state index contributed by atoms with van der Waals surface area (Å²) in [7, 11) is 11.9. The summed E-state index contributed by atoms with van der Waals surface area (Å²) in [5.41, 5.74) is 16.5. The van der Waals surface area contributed by atoms with Gasteiger partial charge in [0.25, 0.3) is 31.6 Å². The molecule has 2 aromatic carbocycles. The van der Waals surface area contributed by atoms with Crippen LogP contribution in [0.2, 0.25) is 0 Å². The van der Waals surface area contributed by atoms with E-state index in [1.807, 2.05) is 158 Å². The summed E-state index contributed by atoms with van der Waals surface area (Å²) in [6.45, 7) is 35.1. The molecule has 0 spiro atoms. The Kier molecular flexibility index (Phi) is 25.4. The normalized spacial score (nSPS) is 10.8. The van der Waals surface area contributed by atoms with Gasteiger partial charge < -0.3 is 0 Å². The van der Waals surface area contributed by atoms with E-state index in [1.165, 1.54) is 44.5 Å². The van der Waals surface area contributed by atoms with Gasteiger partial charge in [0.05, 0.1) is 66.2 Å². The van der Waals surface area contributed by atoms with Gasteiger partial charge in [-0.05, 0) is 74.3 Å². The Labute approximate surface area is 459 Å². The van der Waals surface area contributed by atoms with Gasteiger partial charge in [0, 0.05) is 72.4 Å². The topological polar surface area (TPSA) is 87.7 Å². The first-order valence-corrected chi connectivity index (χ1v) is 26.9. The second-order valence-electron chi connectivity index (χ2n) is 22.5. The average Bonchev–Trinajstić information content (AvgIpc) is 3.37. The van der Waals surface area contributed by atoms with Crippen molar-refractivity contribution in [3.63, 3.8) is 0 Å². The molecule has 0 atom stereocenters. The highest BCUT2D eigenvalue weighted by Gasteiger charge is 2.23. The molecule has 76 heavy (non-hydrogen) atoms. The van der Waals surface area contributed by atoms with Crippen molar-refractivity contribution in [2.45, 2.75) is 146 Å². The molecule has 11 heteroatoms. The van der Waals surface area contributed by atoms with Crippen molar-refractivity contribution < 1.29 is 27.4 Å². The maximum Gasteiger partial charge on any atom is 0.286 e. The van der Waals surface area contributed by atoms with Crippen molar-refractivity contribution in [3.8, 4) is 22.5 Å². The predicted molar refractivity (Wildman–Crippen MR) is 309 cm³/mol. The predicted octanol–water partition coefficient (Wildman–Crippen LogP) is 11.2. The fourth-order valence-electron chi connectivity index (χ4n) is 7.79. The summed E-state index contributed by atoms with van der Waals surface area (Å²) in [4.78, 5) is 21.8. The molecule has 0 aliphatic carbocycles. The molecule has 0 amide bonds. The van der Waals surface area contributed by atoms with E-state index in [0.717, 1.165) is 28.5 Å². The third-order valence-corrected chi connectivity index (χ3v) is 12.6. The van der Waals surface area contributed by atoms with E-state index in [-0.39, 0.29) is 5.41 Å². The van der Waals surface area contributed by atoms with E-state index in [0.29, 0.717) is 29.6 Å². The van der Waals surface area contributed by atoms with Crippen LogP contribution in [-0.4, -0.2) is 24.9 Å². The molecule has 8 aromatic rings. The molecule has 8 rings (SSSR count). The summed E-state index contributed by atoms with van der Waals surface area (Å²) in [6, 6.07) is 25.6. The maximum absolute atomic E-state index is 4.67. The fraction of sp³-hybridized carbons (Fsp3) is 0.431.